The summed E-state index contributed by atoms with van der Waals surface area (Å²) < 4.78 is 0. The molecule has 0 aliphatic heterocycles. The third kappa shape index (κ3) is 9.09. The second-order valence-corrected chi connectivity index (χ2v) is 7.67. The molecule has 0 aliphatic carbocycles. The van der Waals surface area contributed by atoms with Gasteiger partial charge in [-0.3, -0.25) is 0 Å². The molecule has 0 saturated heterocycles. The molecule has 2 aromatic carbocycles. The Labute approximate surface area is 200 Å². The smallest absolute Gasteiger partial charge is 0.191 e. The average molecular weight is 551 g/mol. The van der Waals surface area contributed by atoms with Gasteiger partial charge in [-0.15, -0.1) is 24.0 Å². The van der Waals surface area contributed by atoms with E-state index in [1.165, 1.54) is 11.1 Å². The number of hydrogen-bond donors (Lipinski definition) is 3. The van der Waals surface area contributed by atoms with Crippen LogP contribution >= 0.6 is 47.2 Å². The summed E-state index contributed by atoms with van der Waals surface area (Å²) in [6.07, 6.45) is -0.749. The van der Waals surface area contributed by atoms with E-state index in [-0.39, 0.29) is 24.0 Å². The SMILES string of the molecule is CCNC(=NCc1ccccc1CN(C)C)NCC(O)c1cc(Cl)cc(Cl)c1.I. The fraction of sp³-hybridized carbons (Fsp3) is 0.381. The van der Waals surface area contributed by atoms with Crippen molar-refractivity contribution in [3.8, 4) is 0 Å². The summed E-state index contributed by atoms with van der Waals surface area (Å²) in [6, 6.07) is 13.3. The number of nitrogens with one attached hydrogen (secondary N) is 2. The summed E-state index contributed by atoms with van der Waals surface area (Å²) >= 11 is 12.0. The zero-order chi connectivity index (χ0) is 20.5. The van der Waals surface area contributed by atoms with Crippen LogP contribution in [-0.2, 0) is 13.1 Å². The molecular weight excluding hydrogens is 522 g/mol. The standard InChI is InChI=1S/C21H28Cl2N4O.HI/c1-4-24-21(25-12-15-7-5-6-8-16(15)14-27(2)3)26-13-20(28)17-9-18(22)11-19(23)10-17;/h5-11,20,28H,4,12-14H2,1-3H3,(H2,24,25,26);1H. The van der Waals surface area contributed by atoms with Crippen LogP contribution in [0.3, 0.4) is 0 Å². The number of hydrogen-bond acceptors (Lipinski definition) is 3. The Kier molecular flexibility index (Phi) is 11.9. The normalized spacial score (nSPS) is 12.4. The zero-order valence-electron chi connectivity index (χ0n) is 17.0. The quantitative estimate of drug-likeness (QED) is 0.258. The van der Waals surface area contributed by atoms with Crippen molar-refractivity contribution in [2.24, 2.45) is 4.99 Å². The molecule has 0 amide bonds. The van der Waals surface area contributed by atoms with E-state index in [1.54, 1.807) is 18.2 Å². The highest BCUT2D eigenvalue weighted by Crippen LogP contribution is 2.23. The molecule has 0 heterocycles. The number of aliphatic hydroxyl groups excluding tert-OH is 1. The molecule has 160 valence electrons. The lowest BCUT2D eigenvalue weighted by molar-refractivity contribution is 0.181. The molecule has 3 N–H and O–H groups in total. The zero-order valence-corrected chi connectivity index (χ0v) is 20.8. The minimum Gasteiger partial charge on any atom is -0.387 e. The van der Waals surface area contributed by atoms with Gasteiger partial charge in [0.1, 0.15) is 0 Å². The maximum Gasteiger partial charge on any atom is 0.191 e. The van der Waals surface area contributed by atoms with Crippen molar-refractivity contribution in [1.82, 2.24) is 15.5 Å². The molecule has 29 heavy (non-hydrogen) atoms. The minimum absolute atomic E-state index is 0. The highest BCUT2D eigenvalue weighted by Gasteiger charge is 2.11. The van der Waals surface area contributed by atoms with Gasteiger partial charge in [-0.05, 0) is 55.9 Å². The first-order valence-electron chi connectivity index (χ1n) is 9.26. The van der Waals surface area contributed by atoms with Crippen LogP contribution in [0.25, 0.3) is 0 Å². The number of aliphatic hydroxyl groups is 1. The fourth-order valence-electron chi connectivity index (χ4n) is 2.79. The van der Waals surface area contributed by atoms with E-state index in [1.807, 2.05) is 19.1 Å². The Hall–Kier alpha value is -1.06. The fourth-order valence-corrected chi connectivity index (χ4v) is 3.33. The molecule has 0 spiro atoms. The van der Waals surface area contributed by atoms with Gasteiger partial charge in [0.2, 0.25) is 0 Å². The van der Waals surface area contributed by atoms with Crippen molar-refractivity contribution < 1.29 is 5.11 Å². The van der Waals surface area contributed by atoms with Crippen LogP contribution in [0.2, 0.25) is 10.0 Å². The summed E-state index contributed by atoms with van der Waals surface area (Å²) in [7, 11) is 4.10. The summed E-state index contributed by atoms with van der Waals surface area (Å²) in [6.45, 7) is 4.44. The number of benzene rings is 2. The highest BCUT2D eigenvalue weighted by molar-refractivity contribution is 14.0. The van der Waals surface area contributed by atoms with Crippen LogP contribution in [-0.4, -0.2) is 43.2 Å². The average Bonchev–Trinajstić information content (AvgIpc) is 2.63. The maximum absolute atomic E-state index is 10.4. The molecule has 1 unspecified atom stereocenters. The van der Waals surface area contributed by atoms with E-state index in [4.69, 9.17) is 23.2 Å². The van der Waals surface area contributed by atoms with Crippen LogP contribution in [0.15, 0.2) is 47.5 Å². The summed E-state index contributed by atoms with van der Waals surface area (Å²) in [5.41, 5.74) is 3.09. The van der Waals surface area contributed by atoms with Crippen molar-refractivity contribution in [3.63, 3.8) is 0 Å². The first-order chi connectivity index (χ1) is 13.4. The Balaban J connectivity index is 0.00000420. The molecule has 0 bridgehead atoms. The molecule has 1 atom stereocenters. The second-order valence-electron chi connectivity index (χ2n) is 6.80. The lowest BCUT2D eigenvalue weighted by Crippen LogP contribution is -2.39. The van der Waals surface area contributed by atoms with Crippen molar-refractivity contribution in [2.45, 2.75) is 26.1 Å². The molecule has 0 saturated carbocycles. The topological polar surface area (TPSA) is 59.9 Å². The number of aliphatic imine (C=N–C) groups is 1. The Morgan fingerprint density at radius 1 is 1.07 bits per heavy atom. The van der Waals surface area contributed by atoms with Gasteiger partial charge >= 0.3 is 0 Å². The number of rotatable bonds is 8. The van der Waals surface area contributed by atoms with Crippen molar-refractivity contribution in [1.29, 1.82) is 0 Å². The van der Waals surface area contributed by atoms with E-state index in [0.717, 1.165) is 13.1 Å². The Morgan fingerprint density at radius 2 is 1.69 bits per heavy atom. The second kappa shape index (κ2) is 13.3. The number of nitrogens with zero attached hydrogens (tertiary/aromatic N) is 2. The lowest BCUT2D eigenvalue weighted by atomic mass is 10.1. The molecule has 0 radical (unpaired) electrons. The van der Waals surface area contributed by atoms with Crippen molar-refractivity contribution in [2.75, 3.05) is 27.2 Å². The van der Waals surface area contributed by atoms with Gasteiger partial charge < -0.3 is 20.6 Å². The van der Waals surface area contributed by atoms with Crippen LogP contribution in [0, 0.1) is 0 Å². The number of guanidine groups is 1. The van der Waals surface area contributed by atoms with E-state index in [0.29, 0.717) is 34.7 Å². The van der Waals surface area contributed by atoms with E-state index in [9.17, 15) is 5.11 Å². The third-order valence-corrected chi connectivity index (χ3v) is 4.53. The van der Waals surface area contributed by atoms with Gasteiger partial charge in [0.05, 0.1) is 12.6 Å². The van der Waals surface area contributed by atoms with E-state index >= 15 is 0 Å². The van der Waals surface area contributed by atoms with Gasteiger partial charge in [-0.1, -0.05) is 47.5 Å². The predicted octanol–water partition coefficient (Wildman–Crippen LogP) is 4.46. The third-order valence-electron chi connectivity index (χ3n) is 4.09. The van der Waals surface area contributed by atoms with E-state index < -0.39 is 6.10 Å². The van der Waals surface area contributed by atoms with Gasteiger partial charge in [-0.2, -0.15) is 0 Å². The summed E-state index contributed by atoms with van der Waals surface area (Å²) in [5, 5.41) is 17.8. The van der Waals surface area contributed by atoms with E-state index in [2.05, 4.69) is 46.8 Å². The van der Waals surface area contributed by atoms with Crippen LogP contribution in [0.1, 0.15) is 29.7 Å². The first-order valence-corrected chi connectivity index (χ1v) is 10.0. The monoisotopic (exact) mass is 550 g/mol. The van der Waals surface area contributed by atoms with Crippen LogP contribution in [0.5, 0.6) is 0 Å². The van der Waals surface area contributed by atoms with Gasteiger partial charge in [0.15, 0.2) is 5.96 Å². The minimum atomic E-state index is -0.749. The molecule has 0 aliphatic rings. The largest absolute Gasteiger partial charge is 0.387 e. The van der Waals surface area contributed by atoms with Crippen molar-refractivity contribution >= 4 is 53.1 Å². The molecule has 8 heteroatoms. The van der Waals surface area contributed by atoms with Crippen LogP contribution in [0.4, 0.5) is 0 Å². The Bertz CT molecular complexity index is 782. The van der Waals surface area contributed by atoms with Gasteiger partial charge in [0, 0.05) is 29.7 Å². The van der Waals surface area contributed by atoms with Gasteiger partial charge in [-0.25, -0.2) is 4.99 Å². The molecular formula is C21H29Cl2IN4O. The van der Waals surface area contributed by atoms with Gasteiger partial charge in [0.25, 0.3) is 0 Å². The van der Waals surface area contributed by atoms with Crippen molar-refractivity contribution in [3.05, 3.63) is 69.2 Å². The molecule has 0 fully saturated rings. The maximum atomic E-state index is 10.4. The summed E-state index contributed by atoms with van der Waals surface area (Å²) in [4.78, 5) is 6.80. The molecule has 2 rings (SSSR count). The molecule has 2 aromatic rings. The lowest BCUT2D eigenvalue weighted by Gasteiger charge is -2.17. The molecule has 5 nitrogen and oxygen atoms in total. The predicted molar refractivity (Wildman–Crippen MR) is 133 cm³/mol. The summed E-state index contributed by atoms with van der Waals surface area (Å²) in [5.74, 6) is 0.648. The first kappa shape index (κ1) is 26.0. The van der Waals surface area contributed by atoms with Crippen LogP contribution < -0.4 is 10.6 Å². The number of halogens is 3. The molecule has 0 aromatic heterocycles. The highest BCUT2D eigenvalue weighted by atomic mass is 127. The Morgan fingerprint density at radius 3 is 2.28 bits per heavy atom.